The molecule has 0 spiro atoms. The maximum atomic E-state index is 11.5. The fourth-order valence-electron chi connectivity index (χ4n) is 2.42. The van der Waals surface area contributed by atoms with Crippen LogP contribution in [-0.2, 0) is 9.53 Å². The van der Waals surface area contributed by atoms with Crippen LogP contribution in [0, 0.1) is 0 Å². The summed E-state index contributed by atoms with van der Waals surface area (Å²) in [6.07, 6.45) is 15.9. The van der Waals surface area contributed by atoms with Gasteiger partial charge >= 0.3 is 5.97 Å². The van der Waals surface area contributed by atoms with Crippen LogP contribution in [0.5, 0.6) is 0 Å². The highest BCUT2D eigenvalue weighted by molar-refractivity contribution is 5.69. The molecule has 0 aliphatic carbocycles. The summed E-state index contributed by atoms with van der Waals surface area (Å²) in [6.45, 7) is 4.35. The van der Waals surface area contributed by atoms with Gasteiger partial charge in [0.15, 0.2) is 0 Å². The smallest absolute Gasteiger partial charge is 0.305 e. The van der Waals surface area contributed by atoms with Gasteiger partial charge in [0.1, 0.15) is 6.10 Å². The number of hydrogen-bond acceptors (Lipinski definition) is 5. The van der Waals surface area contributed by atoms with E-state index in [0.29, 0.717) is 13.0 Å². The first kappa shape index (κ1) is 27.6. The van der Waals surface area contributed by atoms with Crippen molar-refractivity contribution in [3.05, 3.63) is 0 Å². The number of unbranched alkanes of at least 4 members (excludes halogenated alkanes) is 11. The van der Waals surface area contributed by atoms with Gasteiger partial charge in [0.05, 0.1) is 19.8 Å². The molecule has 0 radical (unpaired) electrons. The van der Waals surface area contributed by atoms with Crippen molar-refractivity contribution in [3.63, 3.8) is 0 Å². The lowest BCUT2D eigenvalue weighted by Gasteiger charge is -2.05. The predicted molar refractivity (Wildman–Crippen MR) is 107 cm³/mol. The van der Waals surface area contributed by atoms with E-state index in [1.807, 2.05) is 0 Å². The number of rotatable bonds is 17. The SMILES string of the molecule is CCCCCCCCCCC(=O)OCCCCCCC.OCC(O)CO. The molecule has 0 aromatic carbocycles. The van der Waals surface area contributed by atoms with Crippen molar-refractivity contribution in [1.82, 2.24) is 0 Å². The van der Waals surface area contributed by atoms with Crippen molar-refractivity contribution < 1.29 is 24.9 Å². The van der Waals surface area contributed by atoms with Crippen molar-refractivity contribution in [2.75, 3.05) is 19.8 Å². The van der Waals surface area contributed by atoms with Crippen molar-refractivity contribution in [2.24, 2.45) is 0 Å². The molecule has 5 heteroatoms. The first-order valence-electron chi connectivity index (χ1n) is 10.7. The predicted octanol–water partition coefficient (Wildman–Crippen LogP) is 4.36. The molecule has 0 aromatic heterocycles. The second-order valence-corrected chi connectivity index (χ2v) is 6.88. The minimum absolute atomic E-state index is 0.00599. The van der Waals surface area contributed by atoms with Crippen molar-refractivity contribution in [3.8, 4) is 0 Å². The minimum Gasteiger partial charge on any atom is -0.466 e. The molecule has 0 rings (SSSR count). The topological polar surface area (TPSA) is 87.0 Å². The Balaban J connectivity index is 0. The standard InChI is InChI=1S/C18H36O2.C3H8O3/c1-3-5-7-9-10-11-12-14-16-18(19)20-17-15-13-8-6-4-2;4-1-3(6)2-5/h3-17H2,1-2H3;3-6H,1-2H2. The summed E-state index contributed by atoms with van der Waals surface area (Å²) in [7, 11) is 0. The van der Waals surface area contributed by atoms with E-state index >= 15 is 0 Å². The van der Waals surface area contributed by atoms with Gasteiger partial charge in [0.25, 0.3) is 0 Å². The molecule has 0 aromatic rings. The molecule has 5 nitrogen and oxygen atoms in total. The van der Waals surface area contributed by atoms with Gasteiger partial charge < -0.3 is 20.1 Å². The molecular weight excluding hydrogens is 332 g/mol. The minimum atomic E-state index is -0.954. The molecule has 0 fully saturated rings. The van der Waals surface area contributed by atoms with Crippen LogP contribution in [-0.4, -0.2) is 47.2 Å². The average molecular weight is 377 g/mol. The zero-order valence-corrected chi connectivity index (χ0v) is 17.3. The fraction of sp³-hybridized carbons (Fsp3) is 0.952. The summed E-state index contributed by atoms with van der Waals surface area (Å²) < 4.78 is 5.24. The molecule has 0 bridgehead atoms. The van der Waals surface area contributed by atoms with Crippen LogP contribution >= 0.6 is 0 Å². The Morgan fingerprint density at radius 1 is 0.731 bits per heavy atom. The maximum absolute atomic E-state index is 11.5. The van der Waals surface area contributed by atoms with Crippen molar-refractivity contribution >= 4 is 5.97 Å². The molecule has 26 heavy (non-hydrogen) atoms. The van der Waals surface area contributed by atoms with Gasteiger partial charge in [-0.3, -0.25) is 4.79 Å². The van der Waals surface area contributed by atoms with E-state index in [9.17, 15) is 4.79 Å². The summed E-state index contributed by atoms with van der Waals surface area (Å²) in [5.74, 6) is 0.00599. The van der Waals surface area contributed by atoms with E-state index in [1.165, 1.54) is 70.6 Å². The quantitative estimate of drug-likeness (QED) is 0.259. The van der Waals surface area contributed by atoms with Gasteiger partial charge in [-0.15, -0.1) is 0 Å². The van der Waals surface area contributed by atoms with Gasteiger partial charge in [0.2, 0.25) is 0 Å². The first-order valence-corrected chi connectivity index (χ1v) is 10.7. The number of aliphatic hydroxyl groups excluding tert-OH is 3. The van der Waals surface area contributed by atoms with Gasteiger partial charge in [-0.2, -0.15) is 0 Å². The Morgan fingerprint density at radius 3 is 1.58 bits per heavy atom. The number of hydrogen-bond donors (Lipinski definition) is 3. The number of aliphatic hydroxyl groups is 3. The highest BCUT2D eigenvalue weighted by atomic mass is 16.5. The highest BCUT2D eigenvalue weighted by Crippen LogP contribution is 2.10. The molecular formula is C21H44O5. The number of esters is 1. The van der Waals surface area contributed by atoms with E-state index in [2.05, 4.69) is 13.8 Å². The van der Waals surface area contributed by atoms with Gasteiger partial charge in [-0.05, 0) is 12.8 Å². The third kappa shape index (κ3) is 25.6. The molecule has 3 N–H and O–H groups in total. The normalized spacial score (nSPS) is 10.5. The molecule has 0 aliphatic rings. The Morgan fingerprint density at radius 2 is 1.15 bits per heavy atom. The Hall–Kier alpha value is -0.650. The van der Waals surface area contributed by atoms with Crippen LogP contribution in [0.25, 0.3) is 0 Å². The van der Waals surface area contributed by atoms with Gasteiger partial charge in [-0.25, -0.2) is 0 Å². The monoisotopic (exact) mass is 376 g/mol. The number of ether oxygens (including phenoxy) is 1. The Kier molecular flexibility index (Phi) is 25.8. The summed E-state index contributed by atoms with van der Waals surface area (Å²) in [5, 5.41) is 24.0. The highest BCUT2D eigenvalue weighted by Gasteiger charge is 2.02. The lowest BCUT2D eigenvalue weighted by molar-refractivity contribution is -0.143. The summed E-state index contributed by atoms with van der Waals surface area (Å²) in [6, 6.07) is 0. The fourth-order valence-corrected chi connectivity index (χ4v) is 2.42. The second kappa shape index (κ2) is 24.4. The second-order valence-electron chi connectivity index (χ2n) is 6.88. The summed E-state index contributed by atoms with van der Waals surface area (Å²) in [5.41, 5.74) is 0. The molecule has 0 saturated heterocycles. The van der Waals surface area contributed by atoms with Crippen LogP contribution in [0.3, 0.4) is 0 Å². The summed E-state index contributed by atoms with van der Waals surface area (Å²) in [4.78, 5) is 11.5. The van der Waals surface area contributed by atoms with E-state index < -0.39 is 6.10 Å². The Labute approximate surface area is 161 Å². The molecule has 158 valence electrons. The van der Waals surface area contributed by atoms with Gasteiger partial charge in [-0.1, -0.05) is 84.5 Å². The molecule has 0 saturated carbocycles. The molecule has 0 aliphatic heterocycles. The number of carbonyl (C=O) groups excluding carboxylic acids is 1. The number of carbonyl (C=O) groups is 1. The third-order valence-corrected chi connectivity index (χ3v) is 4.17. The molecule has 0 amide bonds. The zero-order valence-electron chi connectivity index (χ0n) is 17.3. The molecule has 0 atom stereocenters. The van der Waals surface area contributed by atoms with Crippen LogP contribution in [0.15, 0.2) is 0 Å². The summed E-state index contributed by atoms with van der Waals surface area (Å²) >= 11 is 0. The largest absolute Gasteiger partial charge is 0.466 e. The molecule has 0 unspecified atom stereocenters. The third-order valence-electron chi connectivity index (χ3n) is 4.17. The van der Waals surface area contributed by atoms with E-state index in [0.717, 1.165) is 12.8 Å². The lowest BCUT2D eigenvalue weighted by Crippen LogP contribution is -2.15. The zero-order chi connectivity index (χ0) is 19.9. The van der Waals surface area contributed by atoms with Crippen LogP contribution in [0.1, 0.15) is 104 Å². The van der Waals surface area contributed by atoms with Crippen molar-refractivity contribution in [2.45, 2.75) is 110 Å². The van der Waals surface area contributed by atoms with Crippen LogP contribution < -0.4 is 0 Å². The van der Waals surface area contributed by atoms with Gasteiger partial charge in [0, 0.05) is 6.42 Å². The van der Waals surface area contributed by atoms with Crippen LogP contribution in [0.4, 0.5) is 0 Å². The Bertz CT molecular complexity index is 267. The lowest BCUT2D eigenvalue weighted by atomic mass is 10.1. The van der Waals surface area contributed by atoms with E-state index in [4.69, 9.17) is 20.1 Å². The van der Waals surface area contributed by atoms with E-state index in [-0.39, 0.29) is 19.2 Å². The van der Waals surface area contributed by atoms with Crippen LogP contribution in [0.2, 0.25) is 0 Å². The average Bonchev–Trinajstić information content (AvgIpc) is 2.66. The first-order chi connectivity index (χ1) is 12.6. The van der Waals surface area contributed by atoms with Crippen molar-refractivity contribution in [1.29, 1.82) is 0 Å². The molecule has 0 heterocycles. The van der Waals surface area contributed by atoms with E-state index in [1.54, 1.807) is 0 Å². The maximum Gasteiger partial charge on any atom is 0.305 e.